The molecule has 118 valence electrons. The molecular weight excluding hydrogens is 302 g/mol. The number of carbonyl (C=O) groups is 1. The highest BCUT2D eigenvalue weighted by Crippen LogP contribution is 2.27. The number of anilines is 2. The molecule has 1 atom stereocenters. The molecule has 8 heteroatoms. The van der Waals surface area contributed by atoms with Crippen LogP contribution in [-0.4, -0.2) is 34.0 Å². The number of nitrogens with one attached hydrogen (secondary N) is 1. The van der Waals surface area contributed by atoms with E-state index in [9.17, 15) is 4.79 Å². The minimum atomic E-state index is -0.484. The fourth-order valence-corrected chi connectivity index (χ4v) is 2.71. The van der Waals surface area contributed by atoms with Gasteiger partial charge in [-0.15, -0.1) is 10.2 Å². The number of nitrogens with zero attached hydrogens (tertiary/aromatic N) is 3. The van der Waals surface area contributed by atoms with E-state index in [1.807, 2.05) is 25.3 Å². The number of benzene rings is 1. The van der Waals surface area contributed by atoms with Crippen LogP contribution in [0.1, 0.15) is 19.4 Å². The van der Waals surface area contributed by atoms with Gasteiger partial charge in [-0.05, 0) is 24.8 Å². The Kier molecular flexibility index (Phi) is 5.26. The van der Waals surface area contributed by atoms with Crippen LogP contribution in [0.2, 0.25) is 0 Å². The minimum Gasteiger partial charge on any atom is -0.495 e. The van der Waals surface area contributed by atoms with Gasteiger partial charge in [0.25, 0.3) is 0 Å². The molecule has 0 unspecified atom stereocenters. The van der Waals surface area contributed by atoms with Crippen molar-refractivity contribution in [3.05, 3.63) is 24.3 Å². The lowest BCUT2D eigenvalue weighted by Crippen LogP contribution is -2.27. The van der Waals surface area contributed by atoms with Gasteiger partial charge in [0.1, 0.15) is 11.8 Å². The van der Waals surface area contributed by atoms with Crippen LogP contribution in [-0.2, 0) is 4.79 Å². The minimum absolute atomic E-state index is 0.186. The number of rotatable bonds is 6. The van der Waals surface area contributed by atoms with E-state index in [1.165, 1.54) is 11.8 Å². The fraction of sp³-hybridized carbons (Fsp3) is 0.357. The summed E-state index contributed by atoms with van der Waals surface area (Å²) in [5.41, 5.74) is 6.47. The second kappa shape index (κ2) is 7.17. The second-order valence-corrected chi connectivity index (χ2v) is 5.30. The zero-order valence-electron chi connectivity index (χ0n) is 12.7. The number of amides is 1. The summed E-state index contributed by atoms with van der Waals surface area (Å²) >= 11 is 1.40. The number of hydrogen-bond donors (Lipinski definition) is 2. The van der Waals surface area contributed by atoms with E-state index in [0.29, 0.717) is 23.0 Å². The number of hydrogen-bond acceptors (Lipinski definition) is 6. The Morgan fingerprint density at radius 3 is 2.82 bits per heavy atom. The van der Waals surface area contributed by atoms with E-state index in [-0.39, 0.29) is 11.9 Å². The van der Waals surface area contributed by atoms with Gasteiger partial charge in [0, 0.05) is 0 Å². The van der Waals surface area contributed by atoms with Gasteiger partial charge in [0.05, 0.1) is 12.8 Å². The number of nitrogens with two attached hydrogens (primary N) is 1. The molecule has 0 saturated heterocycles. The molecule has 1 aromatic carbocycles. The lowest BCUT2D eigenvalue weighted by atomic mass is 10.2. The number of thioether (sulfide) groups is 1. The van der Waals surface area contributed by atoms with E-state index in [2.05, 4.69) is 15.5 Å². The molecule has 2 aromatic rings. The maximum atomic E-state index is 12.6. The van der Waals surface area contributed by atoms with Crippen molar-refractivity contribution >= 4 is 29.3 Å². The quantitative estimate of drug-likeness (QED) is 0.792. The number of methoxy groups -OCH3 is 1. The molecule has 0 aliphatic heterocycles. The topological polar surface area (TPSA) is 95.1 Å². The van der Waals surface area contributed by atoms with Crippen molar-refractivity contribution in [3.63, 3.8) is 0 Å². The summed E-state index contributed by atoms with van der Waals surface area (Å²) in [5, 5.41) is 11.3. The van der Waals surface area contributed by atoms with Crippen LogP contribution in [0, 0.1) is 0 Å². The third kappa shape index (κ3) is 3.16. The van der Waals surface area contributed by atoms with E-state index in [1.54, 1.807) is 23.8 Å². The molecule has 22 heavy (non-hydrogen) atoms. The van der Waals surface area contributed by atoms with E-state index in [0.717, 1.165) is 0 Å². The van der Waals surface area contributed by atoms with Crippen LogP contribution in [0.25, 0.3) is 0 Å². The first-order valence-corrected chi connectivity index (χ1v) is 8.03. The SMILES string of the molecule is CC[C@H](C(=O)Nc1ccccc1OC)n1c(N)nnc1SC. The summed E-state index contributed by atoms with van der Waals surface area (Å²) in [6, 6.07) is 6.77. The van der Waals surface area contributed by atoms with E-state index in [4.69, 9.17) is 10.5 Å². The number of ether oxygens (including phenoxy) is 1. The Balaban J connectivity index is 2.28. The van der Waals surface area contributed by atoms with Crippen LogP contribution < -0.4 is 15.8 Å². The molecule has 2 rings (SSSR count). The predicted molar refractivity (Wildman–Crippen MR) is 87.2 cm³/mol. The van der Waals surface area contributed by atoms with Crippen LogP contribution >= 0.6 is 11.8 Å². The standard InChI is InChI=1S/C14H19N5O2S/c1-4-10(19-13(15)17-18-14(19)22-3)12(20)16-9-7-5-6-8-11(9)21-2/h5-8,10H,4H2,1-3H3,(H2,15,17)(H,16,20)/t10-/m1/s1. The average Bonchev–Trinajstić information content (AvgIpc) is 2.90. The zero-order chi connectivity index (χ0) is 16.1. The highest BCUT2D eigenvalue weighted by atomic mass is 32.2. The molecule has 0 aliphatic carbocycles. The first-order valence-electron chi connectivity index (χ1n) is 6.80. The summed E-state index contributed by atoms with van der Waals surface area (Å²) in [6.07, 6.45) is 2.43. The molecule has 0 radical (unpaired) electrons. The third-order valence-electron chi connectivity index (χ3n) is 3.24. The van der Waals surface area contributed by atoms with Crippen molar-refractivity contribution in [2.24, 2.45) is 0 Å². The summed E-state index contributed by atoms with van der Waals surface area (Å²) in [7, 11) is 1.56. The fourth-order valence-electron chi connectivity index (χ4n) is 2.17. The number of para-hydroxylation sites is 2. The Hall–Kier alpha value is -2.22. The molecule has 1 aromatic heterocycles. The Labute approximate surface area is 133 Å². The summed E-state index contributed by atoms with van der Waals surface area (Å²) in [5.74, 6) is 0.646. The summed E-state index contributed by atoms with van der Waals surface area (Å²) in [6.45, 7) is 1.91. The van der Waals surface area contributed by atoms with Crippen molar-refractivity contribution in [1.29, 1.82) is 0 Å². The van der Waals surface area contributed by atoms with Gasteiger partial charge in [0.15, 0.2) is 5.16 Å². The monoisotopic (exact) mass is 321 g/mol. The predicted octanol–water partition coefficient (Wildman–Crippen LogP) is 2.18. The highest BCUT2D eigenvalue weighted by molar-refractivity contribution is 7.98. The highest BCUT2D eigenvalue weighted by Gasteiger charge is 2.25. The number of carbonyl (C=O) groups excluding carboxylic acids is 1. The van der Waals surface area contributed by atoms with Crippen molar-refractivity contribution in [2.45, 2.75) is 24.5 Å². The van der Waals surface area contributed by atoms with Crippen LogP contribution in [0.4, 0.5) is 11.6 Å². The molecule has 0 bridgehead atoms. The largest absolute Gasteiger partial charge is 0.495 e. The lowest BCUT2D eigenvalue weighted by Gasteiger charge is -2.19. The lowest BCUT2D eigenvalue weighted by molar-refractivity contribution is -0.119. The Bertz CT molecular complexity index is 658. The number of aromatic nitrogens is 3. The van der Waals surface area contributed by atoms with Gasteiger partial charge in [0.2, 0.25) is 11.9 Å². The maximum absolute atomic E-state index is 12.6. The van der Waals surface area contributed by atoms with Gasteiger partial charge < -0.3 is 15.8 Å². The second-order valence-electron chi connectivity index (χ2n) is 4.53. The molecule has 0 saturated carbocycles. The normalized spacial score (nSPS) is 12.0. The first kappa shape index (κ1) is 16.2. The molecule has 7 nitrogen and oxygen atoms in total. The smallest absolute Gasteiger partial charge is 0.247 e. The molecule has 1 heterocycles. The van der Waals surface area contributed by atoms with E-state index < -0.39 is 6.04 Å². The van der Waals surface area contributed by atoms with Crippen molar-refractivity contribution in [1.82, 2.24) is 14.8 Å². The first-order chi connectivity index (χ1) is 10.6. The molecule has 0 spiro atoms. The van der Waals surface area contributed by atoms with Crippen molar-refractivity contribution in [3.8, 4) is 5.75 Å². The summed E-state index contributed by atoms with van der Waals surface area (Å²) in [4.78, 5) is 12.6. The van der Waals surface area contributed by atoms with Gasteiger partial charge in [-0.1, -0.05) is 30.8 Å². The zero-order valence-corrected chi connectivity index (χ0v) is 13.6. The molecular formula is C14H19N5O2S. The molecule has 0 fully saturated rings. The number of nitrogen functional groups attached to an aromatic ring is 1. The van der Waals surface area contributed by atoms with Crippen LogP contribution in [0.3, 0.4) is 0 Å². The third-order valence-corrected chi connectivity index (χ3v) is 3.88. The van der Waals surface area contributed by atoms with E-state index >= 15 is 0 Å². The van der Waals surface area contributed by atoms with Gasteiger partial charge in [-0.2, -0.15) is 0 Å². The maximum Gasteiger partial charge on any atom is 0.247 e. The van der Waals surface area contributed by atoms with Gasteiger partial charge in [-0.3, -0.25) is 9.36 Å². The Morgan fingerprint density at radius 2 is 2.18 bits per heavy atom. The molecule has 0 aliphatic rings. The van der Waals surface area contributed by atoms with Crippen LogP contribution in [0.5, 0.6) is 5.75 Å². The van der Waals surface area contributed by atoms with Crippen molar-refractivity contribution < 1.29 is 9.53 Å². The molecule has 3 N–H and O–H groups in total. The Morgan fingerprint density at radius 1 is 1.45 bits per heavy atom. The van der Waals surface area contributed by atoms with Crippen LogP contribution in [0.15, 0.2) is 29.4 Å². The van der Waals surface area contributed by atoms with Gasteiger partial charge in [-0.25, -0.2) is 0 Å². The average molecular weight is 321 g/mol. The van der Waals surface area contributed by atoms with Crippen molar-refractivity contribution in [2.75, 3.05) is 24.4 Å². The van der Waals surface area contributed by atoms with Gasteiger partial charge >= 0.3 is 0 Å². The molecule has 1 amide bonds. The summed E-state index contributed by atoms with van der Waals surface area (Å²) < 4.78 is 6.89.